The van der Waals surface area contributed by atoms with Gasteiger partial charge in [-0.05, 0) is 106 Å². The number of H-pyrrole nitrogens is 1. The van der Waals surface area contributed by atoms with E-state index in [4.69, 9.17) is 0 Å². The first-order valence-corrected chi connectivity index (χ1v) is 11.0. The molecular formula is C24H32N2. The standard InChI is InChI=1S/C24H32N2/c1-15-5-6-21-20(7-15)19-3-2-4-22(23(19)26-21)25-14-24-11-16-8-17(12-24)10-18(9-16)13-24/h5-7,16-18,22,25-26H,2-4,8-14H2,1H3/t16?,17?,18?,22-,24?/m1/s1. The van der Waals surface area contributed by atoms with E-state index < -0.39 is 0 Å². The van der Waals surface area contributed by atoms with Crippen LogP contribution in [0.15, 0.2) is 18.2 Å². The van der Waals surface area contributed by atoms with Crippen LogP contribution in [0.2, 0.25) is 0 Å². The Morgan fingerprint density at radius 2 is 1.81 bits per heavy atom. The molecule has 4 saturated carbocycles. The molecule has 0 amide bonds. The van der Waals surface area contributed by atoms with Gasteiger partial charge in [0.05, 0.1) is 0 Å². The second-order valence-electron chi connectivity index (χ2n) is 10.3. The summed E-state index contributed by atoms with van der Waals surface area (Å²) in [5, 5.41) is 5.55. The van der Waals surface area contributed by atoms with Gasteiger partial charge in [0.25, 0.3) is 0 Å². The maximum Gasteiger partial charge on any atom is 0.0476 e. The summed E-state index contributed by atoms with van der Waals surface area (Å²) in [4.78, 5) is 3.79. The van der Waals surface area contributed by atoms with E-state index in [0.717, 1.165) is 17.8 Å². The second-order valence-corrected chi connectivity index (χ2v) is 10.3. The van der Waals surface area contributed by atoms with E-state index in [1.54, 1.807) is 24.8 Å². The predicted molar refractivity (Wildman–Crippen MR) is 107 cm³/mol. The molecule has 2 nitrogen and oxygen atoms in total. The Hall–Kier alpha value is -1.28. The summed E-state index contributed by atoms with van der Waals surface area (Å²) >= 11 is 0. The van der Waals surface area contributed by atoms with Crippen molar-refractivity contribution in [1.29, 1.82) is 0 Å². The lowest BCUT2D eigenvalue weighted by molar-refractivity contribution is -0.0527. The number of benzene rings is 1. The number of hydrogen-bond donors (Lipinski definition) is 2. The summed E-state index contributed by atoms with van der Waals surface area (Å²) in [6.45, 7) is 3.47. The first-order chi connectivity index (χ1) is 12.7. The second kappa shape index (κ2) is 5.61. The number of aryl methyl sites for hydroxylation is 2. The third-order valence-corrected chi connectivity index (χ3v) is 8.25. The van der Waals surface area contributed by atoms with Crippen molar-refractivity contribution < 1.29 is 0 Å². The molecule has 4 bridgehead atoms. The van der Waals surface area contributed by atoms with Gasteiger partial charge in [0, 0.05) is 29.2 Å². The van der Waals surface area contributed by atoms with Crippen molar-refractivity contribution in [2.24, 2.45) is 23.2 Å². The van der Waals surface area contributed by atoms with Crippen molar-refractivity contribution in [3.63, 3.8) is 0 Å². The van der Waals surface area contributed by atoms with Gasteiger partial charge >= 0.3 is 0 Å². The monoisotopic (exact) mass is 348 g/mol. The largest absolute Gasteiger partial charge is 0.357 e. The average molecular weight is 349 g/mol. The first kappa shape index (κ1) is 15.7. The highest BCUT2D eigenvalue weighted by Gasteiger charge is 2.50. The number of fused-ring (bicyclic) bond motifs is 3. The third kappa shape index (κ3) is 2.41. The Morgan fingerprint density at radius 3 is 2.54 bits per heavy atom. The van der Waals surface area contributed by atoms with Gasteiger partial charge in [-0.25, -0.2) is 0 Å². The molecule has 1 aromatic heterocycles. The number of rotatable bonds is 3. The maximum atomic E-state index is 4.08. The molecular weight excluding hydrogens is 316 g/mol. The fourth-order valence-electron chi connectivity index (χ4n) is 7.63. The summed E-state index contributed by atoms with van der Waals surface area (Å²) in [5.41, 5.74) is 6.45. The third-order valence-electron chi connectivity index (χ3n) is 8.25. The lowest BCUT2D eigenvalue weighted by atomic mass is 9.49. The molecule has 2 heteroatoms. The zero-order valence-corrected chi connectivity index (χ0v) is 16.1. The van der Waals surface area contributed by atoms with Crippen molar-refractivity contribution in [2.45, 2.75) is 70.8 Å². The molecule has 2 N–H and O–H groups in total. The minimum Gasteiger partial charge on any atom is -0.357 e. The molecule has 5 aliphatic carbocycles. The van der Waals surface area contributed by atoms with Crippen LogP contribution < -0.4 is 5.32 Å². The molecule has 0 aliphatic heterocycles. The van der Waals surface area contributed by atoms with Crippen LogP contribution >= 0.6 is 0 Å². The summed E-state index contributed by atoms with van der Waals surface area (Å²) < 4.78 is 0. The van der Waals surface area contributed by atoms with E-state index in [0.29, 0.717) is 11.5 Å². The van der Waals surface area contributed by atoms with Gasteiger partial charge in [-0.2, -0.15) is 0 Å². The first-order valence-electron chi connectivity index (χ1n) is 11.0. The average Bonchev–Trinajstić information content (AvgIpc) is 2.97. The fraction of sp³-hybridized carbons (Fsp3) is 0.667. The van der Waals surface area contributed by atoms with E-state index in [1.165, 1.54) is 67.2 Å². The van der Waals surface area contributed by atoms with E-state index in [-0.39, 0.29) is 0 Å². The van der Waals surface area contributed by atoms with Crippen LogP contribution in [-0.4, -0.2) is 11.5 Å². The van der Waals surface area contributed by atoms with Crippen LogP contribution in [0.5, 0.6) is 0 Å². The molecule has 1 aromatic carbocycles. The summed E-state index contributed by atoms with van der Waals surface area (Å²) in [6, 6.07) is 7.44. The summed E-state index contributed by atoms with van der Waals surface area (Å²) in [6.07, 6.45) is 13.1. The van der Waals surface area contributed by atoms with Crippen molar-refractivity contribution in [3.8, 4) is 0 Å². The molecule has 5 aliphatic rings. The smallest absolute Gasteiger partial charge is 0.0476 e. The van der Waals surface area contributed by atoms with Gasteiger partial charge in [0.2, 0.25) is 0 Å². The van der Waals surface area contributed by atoms with Gasteiger partial charge in [-0.15, -0.1) is 0 Å². The predicted octanol–water partition coefficient (Wildman–Crippen LogP) is 5.66. The highest BCUT2D eigenvalue weighted by atomic mass is 15.0. The molecule has 2 aromatic rings. The molecule has 0 saturated heterocycles. The summed E-state index contributed by atoms with van der Waals surface area (Å²) in [7, 11) is 0. The van der Waals surface area contributed by atoms with Crippen molar-refractivity contribution >= 4 is 10.9 Å². The van der Waals surface area contributed by atoms with E-state index in [2.05, 4.69) is 35.4 Å². The molecule has 1 atom stereocenters. The van der Waals surface area contributed by atoms with E-state index in [1.807, 2.05) is 0 Å². The zero-order chi connectivity index (χ0) is 17.3. The Labute approximate surface area is 157 Å². The highest BCUT2D eigenvalue weighted by molar-refractivity contribution is 5.85. The number of aromatic nitrogens is 1. The molecule has 0 radical (unpaired) electrons. The Balaban J connectivity index is 1.26. The summed E-state index contributed by atoms with van der Waals surface area (Å²) in [5.74, 6) is 3.17. The lowest BCUT2D eigenvalue weighted by Crippen LogP contribution is -2.51. The van der Waals surface area contributed by atoms with E-state index >= 15 is 0 Å². The minimum atomic E-state index is 0.541. The Morgan fingerprint density at radius 1 is 1.08 bits per heavy atom. The zero-order valence-electron chi connectivity index (χ0n) is 16.1. The van der Waals surface area contributed by atoms with Crippen LogP contribution in [0, 0.1) is 30.1 Å². The van der Waals surface area contributed by atoms with Gasteiger partial charge < -0.3 is 10.3 Å². The molecule has 0 unspecified atom stereocenters. The van der Waals surface area contributed by atoms with Crippen molar-refractivity contribution in [1.82, 2.24) is 10.3 Å². The van der Waals surface area contributed by atoms with E-state index in [9.17, 15) is 0 Å². The maximum absolute atomic E-state index is 4.08. The van der Waals surface area contributed by atoms with Crippen LogP contribution in [0.25, 0.3) is 10.9 Å². The van der Waals surface area contributed by atoms with Gasteiger partial charge in [-0.3, -0.25) is 0 Å². The molecule has 26 heavy (non-hydrogen) atoms. The number of nitrogens with one attached hydrogen (secondary N) is 2. The van der Waals surface area contributed by atoms with Crippen LogP contribution in [0.4, 0.5) is 0 Å². The minimum absolute atomic E-state index is 0.541. The SMILES string of the molecule is Cc1ccc2[nH]c3c(c2c1)CCC[C@H]3NCC12CC3CC(CC(C3)C1)C2. The molecule has 1 heterocycles. The van der Waals surface area contributed by atoms with Crippen LogP contribution in [-0.2, 0) is 6.42 Å². The normalized spacial score (nSPS) is 38.0. The Kier molecular flexibility index (Phi) is 3.40. The quantitative estimate of drug-likeness (QED) is 0.736. The van der Waals surface area contributed by atoms with Crippen LogP contribution in [0.1, 0.15) is 74.2 Å². The molecule has 4 fully saturated rings. The Bertz CT molecular complexity index is 810. The highest BCUT2D eigenvalue weighted by Crippen LogP contribution is 2.59. The number of hydrogen-bond acceptors (Lipinski definition) is 1. The lowest BCUT2D eigenvalue weighted by Gasteiger charge is -2.57. The fourth-order valence-corrected chi connectivity index (χ4v) is 7.63. The van der Waals surface area contributed by atoms with Gasteiger partial charge in [0.1, 0.15) is 0 Å². The van der Waals surface area contributed by atoms with Crippen molar-refractivity contribution in [2.75, 3.05) is 6.54 Å². The van der Waals surface area contributed by atoms with Gasteiger partial charge in [-0.1, -0.05) is 11.6 Å². The molecule has 0 spiro atoms. The topological polar surface area (TPSA) is 27.8 Å². The van der Waals surface area contributed by atoms with Crippen LogP contribution in [0.3, 0.4) is 0 Å². The van der Waals surface area contributed by atoms with Gasteiger partial charge in [0.15, 0.2) is 0 Å². The molecule has 138 valence electrons. The van der Waals surface area contributed by atoms with Crippen molar-refractivity contribution in [3.05, 3.63) is 35.0 Å². The molecule has 7 rings (SSSR count). The number of aromatic amines is 1.